The Labute approximate surface area is 76.8 Å². The van der Waals surface area contributed by atoms with Gasteiger partial charge in [0.25, 0.3) is 0 Å². The maximum absolute atomic E-state index is 8.68. The first-order valence-corrected chi connectivity index (χ1v) is 5.61. The normalized spacial score (nSPS) is 9.27. The Morgan fingerprint density at radius 3 is 1.09 bits per heavy atom. The summed E-state index contributed by atoms with van der Waals surface area (Å²) in [6, 6.07) is 0. The molecular weight excluding hydrogens is 326 g/mol. The number of halogens is 3. The summed E-state index contributed by atoms with van der Waals surface area (Å²) >= 11 is -0.124. The molecule has 0 atom stereocenters. The molecule has 0 saturated heterocycles. The van der Waals surface area contributed by atoms with E-state index in [1.165, 1.54) is 0 Å². The van der Waals surface area contributed by atoms with Crippen molar-refractivity contribution in [1.82, 2.24) is 0 Å². The van der Waals surface area contributed by atoms with Crippen molar-refractivity contribution in [3.05, 3.63) is 0 Å². The van der Waals surface area contributed by atoms with Crippen LogP contribution in [0, 0.1) is 10.2 Å². The van der Waals surface area contributed by atoms with Gasteiger partial charge < -0.3 is 6.87 Å². The summed E-state index contributed by atoms with van der Waals surface area (Å²) in [6.07, 6.45) is 0. The number of rotatable bonds is 0. The Morgan fingerprint density at radius 2 is 1.09 bits per heavy atom. The van der Waals surface area contributed by atoms with Crippen molar-refractivity contribution in [2.75, 3.05) is 0 Å². The van der Waals surface area contributed by atoms with E-state index in [1.807, 2.05) is 0 Å². The molecule has 0 amide bonds. The first-order valence-electron chi connectivity index (χ1n) is 1.28. The summed E-state index contributed by atoms with van der Waals surface area (Å²) < 4.78 is 63.7. The van der Waals surface area contributed by atoms with Gasteiger partial charge in [-0.1, -0.05) is 0 Å². The van der Waals surface area contributed by atoms with Gasteiger partial charge in [0, 0.05) is 0 Å². The van der Waals surface area contributed by atoms with E-state index in [4.69, 9.17) is 33.6 Å². The van der Waals surface area contributed by atoms with Crippen molar-refractivity contribution in [2.45, 2.75) is 0 Å². The van der Waals surface area contributed by atoms with Crippen LogP contribution in [0.4, 0.5) is 0 Å². The van der Waals surface area contributed by atoms with Crippen molar-refractivity contribution in [3.8, 4) is 0 Å². The third-order valence-corrected chi connectivity index (χ3v) is 0. The summed E-state index contributed by atoms with van der Waals surface area (Å²) in [4.78, 5) is 0. The van der Waals surface area contributed by atoms with Crippen LogP contribution < -0.4 is 41.9 Å². The third-order valence-electron chi connectivity index (χ3n) is 0. The van der Waals surface area contributed by atoms with Crippen molar-refractivity contribution in [3.63, 3.8) is 0 Å². The lowest BCUT2D eigenvalue weighted by atomic mass is 15.8. The van der Waals surface area contributed by atoms with Gasteiger partial charge in [0.2, 0.25) is 0 Å². The SMILES string of the molecule is OCl.[O-][Cl+3]([O-])([O-])O.[O-][I+2]([O-])O. The lowest BCUT2D eigenvalue weighted by Gasteiger charge is -2.03. The van der Waals surface area contributed by atoms with Crippen LogP contribution in [0.2, 0.25) is 0 Å². The molecule has 0 aromatic rings. The van der Waals surface area contributed by atoms with Crippen LogP contribution in [0.15, 0.2) is 0 Å². The van der Waals surface area contributed by atoms with Crippen LogP contribution in [-0.2, 0) is 0 Å². The highest BCUT2D eigenvalue weighted by Crippen LogP contribution is 1.60. The molecule has 0 aliphatic rings. The Hall–Kier alpha value is 0.990. The summed E-state index contributed by atoms with van der Waals surface area (Å²) in [5.74, 6) is 0. The van der Waals surface area contributed by atoms with E-state index in [0.717, 1.165) is 0 Å². The molecule has 0 unspecified atom stereocenters. The van der Waals surface area contributed by atoms with Crippen LogP contribution >= 0.6 is 11.9 Å². The van der Waals surface area contributed by atoms with Gasteiger partial charge in [-0.05, 0) is 3.44 Å². The highest BCUT2D eigenvalue weighted by Gasteiger charge is 1.98. The van der Waals surface area contributed by atoms with E-state index in [2.05, 4.69) is 11.9 Å². The zero-order valence-electron chi connectivity index (χ0n) is 4.52. The van der Waals surface area contributed by atoms with Gasteiger partial charge >= 0.3 is 21.1 Å². The van der Waals surface area contributed by atoms with Crippen molar-refractivity contribution in [2.24, 2.45) is 0 Å². The largest absolute Gasteiger partial charge is 0.503 e. The van der Waals surface area contributed by atoms with E-state index in [9.17, 15) is 0 Å². The highest BCUT2D eigenvalue weighted by molar-refractivity contribution is 6.04. The van der Waals surface area contributed by atoms with Gasteiger partial charge in [-0.25, -0.2) is 0 Å². The van der Waals surface area contributed by atoms with Crippen LogP contribution in [0.5, 0.6) is 0 Å². The fourth-order valence-corrected chi connectivity index (χ4v) is 0. The average Bonchev–Trinajstić information content (AvgIpc) is 1.63. The van der Waals surface area contributed by atoms with Gasteiger partial charge in [0.1, 0.15) is 0 Å². The van der Waals surface area contributed by atoms with E-state index >= 15 is 0 Å². The fourth-order valence-electron chi connectivity index (χ4n) is 0. The minimum Gasteiger partial charge on any atom is -0.396 e. The van der Waals surface area contributed by atoms with Crippen LogP contribution in [0.1, 0.15) is 0 Å². The van der Waals surface area contributed by atoms with Crippen LogP contribution in [-0.4, -0.2) is 12.8 Å². The van der Waals surface area contributed by atoms with Gasteiger partial charge in [-0.15, -0.1) is 0 Å². The second kappa shape index (κ2) is 11.0. The third kappa shape index (κ3) is 906. The second-order valence-corrected chi connectivity index (χ2v) is 2.54. The number of hydrogen-bond donors (Lipinski definition) is 3. The predicted octanol–water partition coefficient (Wildman–Crippen LogP) is -9.92. The van der Waals surface area contributed by atoms with Crippen LogP contribution in [0.3, 0.4) is 0 Å². The van der Waals surface area contributed by atoms with Gasteiger partial charge in [0.05, 0.1) is 26.8 Å². The zero-order valence-corrected chi connectivity index (χ0v) is 8.19. The first kappa shape index (κ1) is 17.9. The van der Waals surface area contributed by atoms with Crippen molar-refractivity contribution in [1.29, 1.82) is 0 Å². The van der Waals surface area contributed by atoms with Gasteiger partial charge in [0.15, 0.2) is 0 Å². The minimum absolute atomic E-state index is 3.64. The average molecular weight is 329 g/mol. The predicted molar refractivity (Wildman–Crippen MR) is 12.5 cm³/mol. The Balaban J connectivity index is -0.0000000965. The molecule has 0 aromatic carbocycles. The highest BCUT2D eigenvalue weighted by atomic mass is 127. The standard InChI is InChI=1S/ClHO4.ClHO.HIO3/c2-1(3,4)5;1-2;2-1(3)4/h(H,2,3,4,5);2H;2H. The molecule has 8 nitrogen and oxygen atoms in total. The fraction of sp³-hybridized carbons (Fsp3) is 0. The monoisotopic (exact) mass is 328 g/mol. The van der Waals surface area contributed by atoms with E-state index < -0.39 is 31.3 Å². The smallest absolute Gasteiger partial charge is 0.396 e. The molecule has 0 radical (unpaired) electrons. The summed E-state index contributed by atoms with van der Waals surface area (Å²) in [5, 5.41) is 0. The molecule has 0 rings (SSSR count). The molecule has 0 aliphatic heterocycles. The van der Waals surface area contributed by atoms with E-state index in [-0.39, 0.29) is 0 Å². The van der Waals surface area contributed by atoms with Crippen molar-refractivity contribution < 1.29 is 64.9 Å². The Kier molecular flexibility index (Phi) is 17.9. The number of hydrogen-bond acceptors (Lipinski definition) is 8. The van der Waals surface area contributed by atoms with E-state index in [1.54, 1.807) is 0 Å². The van der Waals surface area contributed by atoms with Gasteiger partial charge in [-0.3, -0.25) is 4.66 Å². The lowest BCUT2D eigenvalue weighted by molar-refractivity contribution is -1.92. The van der Waals surface area contributed by atoms with Gasteiger partial charge in [-0.2, -0.15) is 14.0 Å². The quantitative estimate of drug-likeness (QED) is 0.367. The Bertz CT molecular complexity index is 48.8. The summed E-state index contributed by atoms with van der Waals surface area (Å²) in [6.45, 7) is 0. The molecule has 0 spiro atoms. The maximum Gasteiger partial charge on any atom is 0.503 e. The molecule has 0 saturated carbocycles. The molecule has 0 bridgehead atoms. The second-order valence-electron chi connectivity index (χ2n) is 0.597. The van der Waals surface area contributed by atoms with Crippen molar-refractivity contribution >= 4 is 11.9 Å². The molecule has 0 aromatic heterocycles. The molecule has 0 fully saturated rings. The topological polar surface area (TPSA) is 176 Å². The summed E-state index contributed by atoms with van der Waals surface area (Å²) in [5.41, 5.74) is 0. The minimum atomic E-state index is -4.69. The van der Waals surface area contributed by atoms with Crippen LogP contribution in [0.25, 0.3) is 0 Å². The van der Waals surface area contributed by atoms with E-state index in [0.29, 0.717) is 0 Å². The molecule has 11 heteroatoms. The zero-order chi connectivity index (χ0) is 10.1. The maximum atomic E-state index is 8.68. The lowest BCUT2D eigenvalue weighted by Crippen LogP contribution is -3.98. The molecular formula is H3Cl2IO8. The summed E-state index contributed by atoms with van der Waals surface area (Å²) in [7, 11) is -4.69. The Morgan fingerprint density at radius 1 is 1.09 bits per heavy atom. The molecule has 0 heterocycles. The molecule has 11 heavy (non-hydrogen) atoms. The first-order chi connectivity index (χ1) is 4.73. The molecule has 72 valence electrons. The molecule has 0 aliphatic carbocycles. The molecule has 3 N–H and O–H groups in total.